The topological polar surface area (TPSA) is 189 Å². The Kier molecular flexibility index (Phi) is 8.97. The number of amides is 5. The monoisotopic (exact) mass is 596 g/mol. The highest BCUT2D eigenvalue weighted by Crippen LogP contribution is 2.38. The molecule has 3 aliphatic heterocycles. The molecule has 2 aromatic carbocycles. The fourth-order valence-corrected chi connectivity index (χ4v) is 5.18. The van der Waals surface area contributed by atoms with Crippen molar-refractivity contribution in [1.82, 2.24) is 20.0 Å². The van der Waals surface area contributed by atoms with E-state index in [1.54, 1.807) is 43.3 Å². The molecule has 15 heteroatoms. The molecule has 0 saturated carbocycles. The van der Waals surface area contributed by atoms with Crippen LogP contribution in [0.3, 0.4) is 0 Å². The van der Waals surface area contributed by atoms with Gasteiger partial charge in [-0.1, -0.05) is 50.1 Å². The van der Waals surface area contributed by atoms with Crippen LogP contribution in [0.2, 0.25) is 6.32 Å². The van der Waals surface area contributed by atoms with Crippen LogP contribution in [0.15, 0.2) is 42.5 Å². The number of ether oxygens (including phenoxy) is 1. The van der Waals surface area contributed by atoms with Gasteiger partial charge in [0.1, 0.15) is 17.9 Å². The number of hydrogen-bond acceptors (Lipinski definition) is 10. The van der Waals surface area contributed by atoms with E-state index in [9.17, 15) is 39.1 Å². The third-order valence-corrected chi connectivity index (χ3v) is 7.54. The molecule has 3 N–H and O–H groups in total. The molecule has 2 aromatic rings. The average Bonchev–Trinajstić information content (AvgIpc) is 2.93. The molecule has 230 valence electrons. The number of likely N-dealkylation sites (N-methyl/N-ethyl adjacent to an activating group) is 1. The standard InChI is InChI=1S/C27H30BN4O10.CH4/c1-2-30-12-13-32(25(35)24(30)34)27(38)29-21(16-6-4-3-5-7-16)23(33)31-14-18(15-31)41-19-9-8-17-10-11-28(39,40)42-22(17)20(19)26(36)37;/h3-9,18,21,39-40H,2,10-15H2,1H3,(H,29,38)(H,36,37);1H4/q-1;/p-1/t21-;/m1./s1. The largest absolute Gasteiger partial charge is 0.669 e. The summed E-state index contributed by atoms with van der Waals surface area (Å²) in [5.41, 5.74) is 0.462. The number of carboxylic acid groups (broad SMARTS) is 1. The Morgan fingerprint density at radius 1 is 1.09 bits per heavy atom. The highest BCUT2D eigenvalue weighted by molar-refractivity contribution is 6.59. The zero-order valence-electron chi connectivity index (χ0n) is 22.7. The lowest BCUT2D eigenvalue weighted by molar-refractivity contribution is -0.255. The zero-order chi connectivity index (χ0) is 30.2. The van der Waals surface area contributed by atoms with Gasteiger partial charge >= 0.3 is 24.6 Å². The minimum Gasteiger partial charge on any atom is -0.669 e. The van der Waals surface area contributed by atoms with Gasteiger partial charge in [0.05, 0.1) is 30.4 Å². The van der Waals surface area contributed by atoms with Gasteiger partial charge in [-0.25, -0.2) is 4.79 Å². The molecule has 2 fully saturated rings. The summed E-state index contributed by atoms with van der Waals surface area (Å²) in [6, 6.07) is 9.34. The van der Waals surface area contributed by atoms with E-state index in [0.29, 0.717) is 17.7 Å². The van der Waals surface area contributed by atoms with Crippen LogP contribution in [0.1, 0.15) is 41.9 Å². The maximum absolute atomic E-state index is 13.5. The molecule has 0 aromatic heterocycles. The number of rotatable bonds is 7. The maximum atomic E-state index is 13.5. The van der Waals surface area contributed by atoms with Crippen molar-refractivity contribution in [3.8, 4) is 11.5 Å². The van der Waals surface area contributed by atoms with Crippen LogP contribution >= 0.6 is 0 Å². The van der Waals surface area contributed by atoms with Crippen molar-refractivity contribution < 1.29 is 48.5 Å². The van der Waals surface area contributed by atoms with Gasteiger partial charge in [0.25, 0.3) is 0 Å². The molecule has 0 aliphatic carbocycles. The molecule has 14 nitrogen and oxygen atoms in total. The molecular formula is C28H33BN4O10-2. The minimum absolute atomic E-state index is 0. The van der Waals surface area contributed by atoms with Crippen LogP contribution in [-0.4, -0.2) is 100 Å². The Labute approximate surface area is 247 Å². The maximum Gasteiger partial charge on any atom is 0.430 e. The number of imide groups is 1. The van der Waals surface area contributed by atoms with Crippen molar-refractivity contribution in [1.29, 1.82) is 0 Å². The Balaban J connectivity index is 0.00000423. The highest BCUT2D eigenvalue weighted by Gasteiger charge is 2.41. The molecule has 0 bridgehead atoms. The number of aromatic carboxylic acids is 1. The summed E-state index contributed by atoms with van der Waals surface area (Å²) in [6.45, 7) is -0.909. The Bertz CT molecular complexity index is 1430. The van der Waals surface area contributed by atoms with Crippen LogP contribution in [0.5, 0.6) is 11.5 Å². The fourth-order valence-electron chi connectivity index (χ4n) is 5.18. The molecule has 3 aliphatic rings. The normalized spacial score (nSPS) is 18.4. The highest BCUT2D eigenvalue weighted by atomic mass is 16.6. The van der Waals surface area contributed by atoms with Crippen molar-refractivity contribution in [2.75, 3.05) is 32.7 Å². The second-order valence-corrected chi connectivity index (χ2v) is 10.3. The second-order valence-electron chi connectivity index (χ2n) is 10.3. The van der Waals surface area contributed by atoms with E-state index in [-0.39, 0.29) is 57.8 Å². The number of aryl methyl sites for hydroxylation is 1. The number of urea groups is 1. The molecule has 2 saturated heterocycles. The van der Waals surface area contributed by atoms with E-state index in [4.69, 9.17) is 9.39 Å². The summed E-state index contributed by atoms with van der Waals surface area (Å²) >= 11 is 0. The minimum atomic E-state index is -3.22. The van der Waals surface area contributed by atoms with Gasteiger partial charge < -0.3 is 44.5 Å². The van der Waals surface area contributed by atoms with Crippen LogP contribution in [0, 0.1) is 0 Å². The number of carbonyl (C=O) groups excluding carboxylic acids is 5. The van der Waals surface area contributed by atoms with Gasteiger partial charge in [-0.3, -0.25) is 19.3 Å². The lowest BCUT2D eigenvalue weighted by atomic mass is 9.70. The summed E-state index contributed by atoms with van der Waals surface area (Å²) in [5, 5.41) is 34.4. The molecule has 5 amide bonds. The number of nitrogens with zero attached hydrogens (tertiary/aromatic N) is 3. The number of benzene rings is 2. The fraction of sp³-hybridized carbons (Fsp3) is 0.393. The molecule has 1 atom stereocenters. The van der Waals surface area contributed by atoms with Crippen molar-refractivity contribution in [3.63, 3.8) is 0 Å². The van der Waals surface area contributed by atoms with Crippen molar-refractivity contribution in [3.05, 3.63) is 59.2 Å². The molecule has 0 unspecified atom stereocenters. The smallest absolute Gasteiger partial charge is 0.430 e. The number of fused-ring (bicyclic) bond motifs is 1. The van der Waals surface area contributed by atoms with Gasteiger partial charge in [0, 0.05) is 19.6 Å². The summed E-state index contributed by atoms with van der Waals surface area (Å²) in [4.78, 5) is 66.8. The number of hydrogen-bond donors (Lipinski definition) is 3. The quantitative estimate of drug-likeness (QED) is 0.272. The lowest BCUT2D eigenvalue weighted by Crippen LogP contribution is -2.61. The Morgan fingerprint density at radius 3 is 2.44 bits per heavy atom. The first kappa shape index (κ1) is 31.3. The van der Waals surface area contributed by atoms with Gasteiger partial charge in [-0.15, -0.1) is 0 Å². The van der Waals surface area contributed by atoms with E-state index in [1.165, 1.54) is 15.9 Å². The van der Waals surface area contributed by atoms with E-state index >= 15 is 0 Å². The average molecular weight is 596 g/mol. The predicted octanol–water partition coefficient (Wildman–Crippen LogP) is -0.724. The van der Waals surface area contributed by atoms with E-state index in [2.05, 4.69) is 5.32 Å². The molecule has 0 spiro atoms. The van der Waals surface area contributed by atoms with Crippen molar-refractivity contribution in [2.24, 2.45) is 0 Å². The third-order valence-electron chi connectivity index (χ3n) is 7.54. The first-order chi connectivity index (χ1) is 20.0. The summed E-state index contributed by atoms with van der Waals surface area (Å²) < 4.78 is 11.0. The number of carboxylic acids is 1. The van der Waals surface area contributed by atoms with Crippen molar-refractivity contribution >= 4 is 36.5 Å². The summed E-state index contributed by atoms with van der Waals surface area (Å²) in [5.74, 6) is -4.23. The number of likely N-dealkylation sites (tertiary alicyclic amines) is 1. The van der Waals surface area contributed by atoms with E-state index < -0.39 is 54.2 Å². The molecule has 5 rings (SSSR count). The van der Waals surface area contributed by atoms with E-state index in [0.717, 1.165) is 4.90 Å². The van der Waals surface area contributed by atoms with E-state index in [1.807, 2.05) is 0 Å². The van der Waals surface area contributed by atoms with Gasteiger partial charge in [-0.05, 0) is 30.5 Å². The molecular weight excluding hydrogens is 563 g/mol. The second kappa shape index (κ2) is 12.3. The third kappa shape index (κ3) is 6.27. The number of nitrogens with one attached hydrogen (secondary N) is 1. The van der Waals surface area contributed by atoms with Crippen LogP contribution in [0.4, 0.5) is 4.79 Å². The zero-order valence-corrected chi connectivity index (χ0v) is 22.7. The van der Waals surface area contributed by atoms with Gasteiger partial charge in [-0.2, -0.15) is 0 Å². The Morgan fingerprint density at radius 2 is 1.79 bits per heavy atom. The number of carbonyl (C=O) groups is 5. The molecule has 3 heterocycles. The van der Waals surface area contributed by atoms with Crippen LogP contribution in [-0.2, 0) is 20.8 Å². The summed E-state index contributed by atoms with van der Waals surface area (Å²) in [7, 11) is 0. The first-order valence-electron chi connectivity index (χ1n) is 13.6. The van der Waals surface area contributed by atoms with Gasteiger partial charge in [0.15, 0.2) is 0 Å². The SMILES string of the molecule is C.CCN1CCN(C(=O)N[C@@H](C(=O)N2CC(Oc3ccc4c(c3C(=O)[O-])O[B-](O)(O)CC4)C2)c2ccccc2)C(=O)C1=O. The van der Waals surface area contributed by atoms with Crippen LogP contribution < -0.4 is 19.8 Å². The lowest BCUT2D eigenvalue weighted by Gasteiger charge is -2.42. The van der Waals surface area contributed by atoms with Gasteiger partial charge in [0.2, 0.25) is 5.91 Å². The predicted molar refractivity (Wildman–Crippen MR) is 150 cm³/mol. The van der Waals surface area contributed by atoms with Crippen LogP contribution in [0.25, 0.3) is 0 Å². The Hall–Kier alpha value is -4.63. The number of piperazine rings is 1. The molecule has 43 heavy (non-hydrogen) atoms. The molecule has 0 radical (unpaired) electrons. The van der Waals surface area contributed by atoms with Crippen molar-refractivity contribution in [2.45, 2.75) is 39.2 Å². The summed E-state index contributed by atoms with van der Waals surface area (Å²) in [6.07, 6.45) is -0.520. The first-order valence-corrected chi connectivity index (χ1v) is 13.6.